The molecule has 7 heteroatoms. The average molecular weight is 397 g/mol. The van der Waals surface area contributed by atoms with Crippen molar-refractivity contribution in [2.24, 2.45) is 0 Å². The van der Waals surface area contributed by atoms with Gasteiger partial charge in [0.05, 0.1) is 11.1 Å². The van der Waals surface area contributed by atoms with Crippen LogP contribution < -0.4 is 10.6 Å². The number of aryl methyl sites for hydroxylation is 1. The van der Waals surface area contributed by atoms with Crippen LogP contribution in [0.2, 0.25) is 10.0 Å². The molecule has 26 heavy (non-hydrogen) atoms. The summed E-state index contributed by atoms with van der Waals surface area (Å²) in [5, 5.41) is 5.50. The van der Waals surface area contributed by atoms with Gasteiger partial charge in [0.25, 0.3) is 5.91 Å². The summed E-state index contributed by atoms with van der Waals surface area (Å²) in [4.78, 5) is 24.6. The molecule has 2 rings (SSSR count). The lowest BCUT2D eigenvalue weighted by Gasteiger charge is -2.20. The van der Waals surface area contributed by atoms with Crippen molar-refractivity contribution in [2.75, 3.05) is 0 Å². The molecule has 2 unspecified atom stereocenters. The molecule has 2 amide bonds. The molecule has 0 saturated heterocycles. The molecular formula is C19H19Cl2FN2O2. The van der Waals surface area contributed by atoms with Crippen LogP contribution in [0.15, 0.2) is 36.4 Å². The molecule has 0 heterocycles. The Hall–Kier alpha value is -2.11. The third-order valence-electron chi connectivity index (χ3n) is 3.89. The number of nitrogens with one attached hydrogen (secondary N) is 2. The molecule has 138 valence electrons. The second kappa shape index (κ2) is 8.52. The fourth-order valence-corrected chi connectivity index (χ4v) is 2.96. The Morgan fingerprint density at radius 1 is 1.04 bits per heavy atom. The standard InChI is InChI=1S/C19H19Cl2FN2O2/c1-10-5-4-6-13(7-10)19(26)24-12(3)18(25)23-11(2)14-8-17(22)16(21)9-15(14)20/h4-9,11-12H,1-3H3,(H,23,25)(H,24,26). The van der Waals surface area contributed by atoms with Crippen LogP contribution in [0.3, 0.4) is 0 Å². The van der Waals surface area contributed by atoms with Gasteiger partial charge in [0.2, 0.25) is 5.91 Å². The van der Waals surface area contributed by atoms with Crippen molar-refractivity contribution in [1.82, 2.24) is 10.6 Å². The van der Waals surface area contributed by atoms with Crippen LogP contribution in [-0.4, -0.2) is 17.9 Å². The molecule has 2 aromatic rings. The topological polar surface area (TPSA) is 58.2 Å². The molecule has 2 atom stereocenters. The highest BCUT2D eigenvalue weighted by molar-refractivity contribution is 6.35. The van der Waals surface area contributed by atoms with E-state index in [9.17, 15) is 14.0 Å². The van der Waals surface area contributed by atoms with Gasteiger partial charge in [0, 0.05) is 10.6 Å². The van der Waals surface area contributed by atoms with Gasteiger partial charge >= 0.3 is 0 Å². The zero-order valence-electron chi connectivity index (χ0n) is 14.6. The number of halogens is 3. The van der Waals surface area contributed by atoms with Crippen LogP contribution in [0.4, 0.5) is 4.39 Å². The number of carbonyl (C=O) groups excluding carboxylic acids is 2. The van der Waals surface area contributed by atoms with E-state index >= 15 is 0 Å². The van der Waals surface area contributed by atoms with Gasteiger partial charge in [-0.2, -0.15) is 0 Å². The highest BCUT2D eigenvalue weighted by Crippen LogP contribution is 2.28. The Morgan fingerprint density at radius 3 is 2.38 bits per heavy atom. The molecular weight excluding hydrogens is 378 g/mol. The number of hydrogen-bond donors (Lipinski definition) is 2. The largest absolute Gasteiger partial charge is 0.348 e. The van der Waals surface area contributed by atoms with Gasteiger partial charge in [-0.25, -0.2) is 4.39 Å². The second-order valence-electron chi connectivity index (χ2n) is 6.08. The molecule has 0 aliphatic rings. The lowest BCUT2D eigenvalue weighted by Crippen LogP contribution is -2.45. The van der Waals surface area contributed by atoms with Crippen molar-refractivity contribution < 1.29 is 14.0 Å². The third-order valence-corrected chi connectivity index (χ3v) is 4.50. The maximum absolute atomic E-state index is 13.6. The van der Waals surface area contributed by atoms with E-state index < -0.39 is 23.8 Å². The Bertz CT molecular complexity index is 842. The zero-order valence-corrected chi connectivity index (χ0v) is 16.1. The number of hydrogen-bond acceptors (Lipinski definition) is 2. The second-order valence-corrected chi connectivity index (χ2v) is 6.90. The monoisotopic (exact) mass is 396 g/mol. The van der Waals surface area contributed by atoms with Gasteiger partial charge in [-0.05, 0) is 50.6 Å². The fourth-order valence-electron chi connectivity index (χ4n) is 2.42. The maximum Gasteiger partial charge on any atom is 0.251 e. The van der Waals surface area contributed by atoms with Crippen LogP contribution in [0, 0.1) is 12.7 Å². The maximum atomic E-state index is 13.6. The Balaban J connectivity index is 2.02. The fraction of sp³-hybridized carbons (Fsp3) is 0.263. The lowest BCUT2D eigenvalue weighted by atomic mass is 10.1. The summed E-state index contributed by atoms with van der Waals surface area (Å²) in [6.07, 6.45) is 0. The van der Waals surface area contributed by atoms with Crippen molar-refractivity contribution in [2.45, 2.75) is 32.9 Å². The van der Waals surface area contributed by atoms with E-state index in [1.54, 1.807) is 32.0 Å². The summed E-state index contributed by atoms with van der Waals surface area (Å²) < 4.78 is 13.6. The van der Waals surface area contributed by atoms with Crippen molar-refractivity contribution in [3.8, 4) is 0 Å². The quantitative estimate of drug-likeness (QED) is 0.734. The van der Waals surface area contributed by atoms with E-state index in [0.717, 1.165) is 5.56 Å². The molecule has 4 nitrogen and oxygen atoms in total. The van der Waals surface area contributed by atoms with Crippen LogP contribution in [0.25, 0.3) is 0 Å². The minimum absolute atomic E-state index is 0.0870. The van der Waals surface area contributed by atoms with E-state index in [4.69, 9.17) is 23.2 Å². The van der Waals surface area contributed by atoms with E-state index in [1.807, 2.05) is 13.0 Å². The van der Waals surface area contributed by atoms with Gasteiger partial charge in [0.15, 0.2) is 0 Å². The molecule has 0 radical (unpaired) electrons. The summed E-state index contributed by atoms with van der Waals surface area (Å²) in [6.45, 7) is 5.12. The summed E-state index contributed by atoms with van der Waals surface area (Å²) >= 11 is 11.7. The molecule has 0 aliphatic carbocycles. The van der Waals surface area contributed by atoms with Gasteiger partial charge in [0.1, 0.15) is 11.9 Å². The first-order valence-corrected chi connectivity index (χ1v) is 8.77. The zero-order chi connectivity index (χ0) is 19.4. The van der Waals surface area contributed by atoms with Crippen LogP contribution in [-0.2, 0) is 4.79 Å². The predicted molar refractivity (Wildman–Crippen MR) is 101 cm³/mol. The van der Waals surface area contributed by atoms with Crippen molar-refractivity contribution >= 4 is 35.0 Å². The Morgan fingerprint density at radius 2 is 1.73 bits per heavy atom. The number of amides is 2. The minimum atomic E-state index is -0.776. The highest BCUT2D eigenvalue weighted by atomic mass is 35.5. The van der Waals surface area contributed by atoms with Crippen molar-refractivity contribution in [1.29, 1.82) is 0 Å². The summed E-state index contributed by atoms with van der Waals surface area (Å²) in [5.41, 5.74) is 1.82. The number of rotatable bonds is 5. The Labute approximate surface area is 161 Å². The first-order chi connectivity index (χ1) is 12.2. The average Bonchev–Trinajstić information content (AvgIpc) is 2.57. The van der Waals surface area contributed by atoms with E-state index in [2.05, 4.69) is 10.6 Å². The van der Waals surface area contributed by atoms with E-state index in [-0.39, 0.29) is 16.0 Å². The van der Waals surface area contributed by atoms with Crippen LogP contribution >= 0.6 is 23.2 Å². The van der Waals surface area contributed by atoms with Gasteiger partial charge in [-0.1, -0.05) is 40.9 Å². The highest BCUT2D eigenvalue weighted by Gasteiger charge is 2.21. The SMILES string of the molecule is Cc1cccc(C(=O)NC(C)C(=O)NC(C)c2cc(F)c(Cl)cc2Cl)c1. The van der Waals surface area contributed by atoms with Crippen LogP contribution in [0.1, 0.15) is 41.4 Å². The van der Waals surface area contributed by atoms with Gasteiger partial charge in [-0.15, -0.1) is 0 Å². The molecule has 2 N–H and O–H groups in total. The van der Waals surface area contributed by atoms with Crippen LogP contribution in [0.5, 0.6) is 0 Å². The molecule has 0 spiro atoms. The first kappa shape index (κ1) is 20.2. The summed E-state index contributed by atoms with van der Waals surface area (Å²) in [7, 11) is 0. The molecule has 0 bridgehead atoms. The molecule has 0 aromatic heterocycles. The summed E-state index contributed by atoms with van der Waals surface area (Å²) in [6, 6.07) is 8.20. The molecule has 0 saturated carbocycles. The van der Waals surface area contributed by atoms with E-state index in [0.29, 0.717) is 11.1 Å². The Kier molecular flexibility index (Phi) is 6.62. The minimum Gasteiger partial charge on any atom is -0.348 e. The van der Waals surface area contributed by atoms with E-state index in [1.165, 1.54) is 12.1 Å². The summed E-state index contributed by atoms with van der Waals surface area (Å²) in [5.74, 6) is -1.38. The smallest absolute Gasteiger partial charge is 0.251 e. The van der Waals surface area contributed by atoms with Crippen molar-refractivity contribution in [3.05, 3.63) is 69.0 Å². The first-order valence-electron chi connectivity index (χ1n) is 8.01. The molecule has 0 aliphatic heterocycles. The van der Waals surface area contributed by atoms with Gasteiger partial charge in [-0.3, -0.25) is 9.59 Å². The van der Waals surface area contributed by atoms with Crippen molar-refractivity contribution in [3.63, 3.8) is 0 Å². The normalized spacial score (nSPS) is 13.0. The van der Waals surface area contributed by atoms with Gasteiger partial charge < -0.3 is 10.6 Å². The number of carbonyl (C=O) groups is 2. The molecule has 2 aromatic carbocycles. The third kappa shape index (κ3) is 4.96. The molecule has 0 fully saturated rings. The number of benzene rings is 2. The lowest BCUT2D eigenvalue weighted by molar-refractivity contribution is -0.123. The predicted octanol–water partition coefficient (Wildman–Crippen LogP) is 4.44.